The molecule has 2 heterocycles. The van der Waals surface area contributed by atoms with E-state index in [1.807, 2.05) is 0 Å². The molecule has 0 radical (unpaired) electrons. The zero-order chi connectivity index (χ0) is 12.9. The molecule has 1 aromatic carbocycles. The highest BCUT2D eigenvalue weighted by Crippen LogP contribution is 2.34. The number of nitrogens with zero attached hydrogens (tertiary/aromatic N) is 1. The summed E-state index contributed by atoms with van der Waals surface area (Å²) in [4.78, 5) is 0. The molecule has 1 atom stereocenters. The van der Waals surface area contributed by atoms with Crippen molar-refractivity contribution in [3.8, 4) is 0 Å². The molecule has 0 saturated carbocycles. The van der Waals surface area contributed by atoms with Crippen molar-refractivity contribution in [3.05, 3.63) is 35.0 Å². The lowest BCUT2D eigenvalue weighted by atomic mass is 9.96. The summed E-state index contributed by atoms with van der Waals surface area (Å²) in [5.74, 6) is 1.20. The Hall–Kier alpha value is -1.28. The van der Waals surface area contributed by atoms with Gasteiger partial charge in [0.2, 0.25) is 0 Å². The van der Waals surface area contributed by atoms with Crippen molar-refractivity contribution < 1.29 is 0 Å². The SMILES string of the molecule is CC(C)c1ccc2c(c1)c1c(n2C)C(C)CNC1. The Balaban J connectivity index is 2.29. The van der Waals surface area contributed by atoms with Crippen LogP contribution in [0.5, 0.6) is 0 Å². The zero-order valence-corrected chi connectivity index (χ0v) is 11.7. The Morgan fingerprint density at radius 2 is 2.11 bits per heavy atom. The number of fused-ring (bicyclic) bond motifs is 3. The van der Waals surface area contributed by atoms with Gasteiger partial charge < -0.3 is 9.88 Å². The minimum atomic E-state index is 0.597. The minimum absolute atomic E-state index is 0.597. The second-order valence-electron chi connectivity index (χ2n) is 5.89. The molecule has 1 N–H and O–H groups in total. The number of hydrogen-bond donors (Lipinski definition) is 1. The Labute approximate surface area is 109 Å². The van der Waals surface area contributed by atoms with Crippen molar-refractivity contribution in [3.63, 3.8) is 0 Å². The molecule has 2 aromatic rings. The van der Waals surface area contributed by atoms with E-state index in [-0.39, 0.29) is 0 Å². The quantitative estimate of drug-likeness (QED) is 0.809. The van der Waals surface area contributed by atoms with Crippen molar-refractivity contribution in [2.24, 2.45) is 7.05 Å². The maximum atomic E-state index is 3.53. The number of rotatable bonds is 1. The number of aryl methyl sites for hydroxylation is 1. The third-order valence-electron chi connectivity index (χ3n) is 4.26. The lowest BCUT2D eigenvalue weighted by Crippen LogP contribution is -2.27. The molecular weight excluding hydrogens is 220 g/mol. The Morgan fingerprint density at radius 1 is 1.33 bits per heavy atom. The summed E-state index contributed by atoms with van der Waals surface area (Å²) in [5, 5.41) is 4.97. The van der Waals surface area contributed by atoms with Crippen LogP contribution < -0.4 is 5.32 Å². The summed E-state index contributed by atoms with van der Waals surface area (Å²) in [7, 11) is 2.21. The maximum Gasteiger partial charge on any atom is 0.0483 e. The Morgan fingerprint density at radius 3 is 2.83 bits per heavy atom. The van der Waals surface area contributed by atoms with Crippen molar-refractivity contribution >= 4 is 10.9 Å². The molecule has 0 bridgehead atoms. The van der Waals surface area contributed by atoms with Gasteiger partial charge in [0.1, 0.15) is 0 Å². The van der Waals surface area contributed by atoms with Crippen LogP contribution in [-0.4, -0.2) is 11.1 Å². The molecule has 1 unspecified atom stereocenters. The van der Waals surface area contributed by atoms with E-state index in [0.717, 1.165) is 13.1 Å². The van der Waals surface area contributed by atoms with E-state index in [2.05, 4.69) is 55.9 Å². The summed E-state index contributed by atoms with van der Waals surface area (Å²) in [6.07, 6.45) is 0. The van der Waals surface area contributed by atoms with Gasteiger partial charge >= 0.3 is 0 Å². The standard InChI is InChI=1S/C16H22N2/c1-10(2)12-5-6-15-13(7-12)14-9-17-8-11(3)16(14)18(15)4/h5-7,10-11,17H,8-9H2,1-4H3. The maximum absolute atomic E-state index is 3.53. The van der Waals surface area contributed by atoms with Crippen molar-refractivity contribution in [2.45, 2.75) is 39.2 Å². The molecule has 96 valence electrons. The number of nitrogens with one attached hydrogen (secondary N) is 1. The minimum Gasteiger partial charge on any atom is -0.347 e. The molecule has 0 amide bonds. The monoisotopic (exact) mass is 242 g/mol. The molecule has 1 aliphatic rings. The molecule has 1 aliphatic heterocycles. The fraction of sp³-hybridized carbons (Fsp3) is 0.500. The first-order chi connectivity index (χ1) is 8.59. The first-order valence-electron chi connectivity index (χ1n) is 6.91. The van der Waals surface area contributed by atoms with Crippen LogP contribution in [0.1, 0.15) is 49.4 Å². The lowest BCUT2D eigenvalue weighted by molar-refractivity contribution is 0.548. The van der Waals surface area contributed by atoms with Gasteiger partial charge in [-0.3, -0.25) is 0 Å². The van der Waals surface area contributed by atoms with Gasteiger partial charge in [-0.2, -0.15) is 0 Å². The van der Waals surface area contributed by atoms with Crippen molar-refractivity contribution in [2.75, 3.05) is 6.54 Å². The summed E-state index contributed by atoms with van der Waals surface area (Å²) < 4.78 is 2.39. The van der Waals surface area contributed by atoms with Crippen LogP contribution in [0.2, 0.25) is 0 Å². The van der Waals surface area contributed by atoms with E-state index in [0.29, 0.717) is 11.8 Å². The van der Waals surface area contributed by atoms with Crippen molar-refractivity contribution in [1.29, 1.82) is 0 Å². The van der Waals surface area contributed by atoms with E-state index in [1.165, 1.54) is 27.7 Å². The topological polar surface area (TPSA) is 17.0 Å². The van der Waals surface area contributed by atoms with E-state index in [9.17, 15) is 0 Å². The molecule has 0 spiro atoms. The fourth-order valence-corrected chi connectivity index (χ4v) is 3.24. The molecule has 18 heavy (non-hydrogen) atoms. The normalized spacial score (nSPS) is 19.5. The van der Waals surface area contributed by atoms with E-state index in [1.54, 1.807) is 0 Å². The molecule has 0 fully saturated rings. The smallest absolute Gasteiger partial charge is 0.0483 e. The van der Waals surface area contributed by atoms with Crippen LogP contribution in [0.4, 0.5) is 0 Å². The fourth-order valence-electron chi connectivity index (χ4n) is 3.24. The number of benzene rings is 1. The summed E-state index contributed by atoms with van der Waals surface area (Å²) in [6, 6.07) is 6.95. The predicted octanol–water partition coefficient (Wildman–Crippen LogP) is 3.51. The highest BCUT2D eigenvalue weighted by Gasteiger charge is 2.23. The molecule has 0 aliphatic carbocycles. The van der Waals surface area contributed by atoms with Crippen LogP contribution in [0.25, 0.3) is 10.9 Å². The molecule has 2 nitrogen and oxygen atoms in total. The van der Waals surface area contributed by atoms with E-state index < -0.39 is 0 Å². The molecule has 3 rings (SSSR count). The highest BCUT2D eigenvalue weighted by atomic mass is 15.0. The lowest BCUT2D eigenvalue weighted by Gasteiger charge is -2.22. The molecule has 1 aromatic heterocycles. The zero-order valence-electron chi connectivity index (χ0n) is 11.7. The van der Waals surface area contributed by atoms with Gasteiger partial charge in [-0.25, -0.2) is 0 Å². The second-order valence-corrected chi connectivity index (χ2v) is 5.89. The van der Waals surface area contributed by atoms with Crippen LogP contribution in [0.15, 0.2) is 18.2 Å². The summed E-state index contributed by atoms with van der Waals surface area (Å²) >= 11 is 0. The second kappa shape index (κ2) is 4.13. The van der Waals surface area contributed by atoms with Crippen LogP contribution in [-0.2, 0) is 13.6 Å². The number of hydrogen-bond acceptors (Lipinski definition) is 1. The van der Waals surface area contributed by atoms with Gasteiger partial charge in [0, 0.05) is 42.7 Å². The third-order valence-corrected chi connectivity index (χ3v) is 4.26. The Bertz CT molecular complexity index is 593. The summed E-state index contributed by atoms with van der Waals surface area (Å²) in [6.45, 7) is 8.94. The molecule has 0 saturated heterocycles. The average molecular weight is 242 g/mol. The van der Waals surface area contributed by atoms with E-state index in [4.69, 9.17) is 0 Å². The van der Waals surface area contributed by atoms with Crippen molar-refractivity contribution in [1.82, 2.24) is 9.88 Å². The van der Waals surface area contributed by atoms with Gasteiger partial charge in [-0.15, -0.1) is 0 Å². The van der Waals surface area contributed by atoms with Crippen LogP contribution in [0.3, 0.4) is 0 Å². The van der Waals surface area contributed by atoms with Crippen LogP contribution in [0, 0.1) is 0 Å². The van der Waals surface area contributed by atoms with Gasteiger partial charge in [0.25, 0.3) is 0 Å². The third kappa shape index (κ3) is 1.59. The average Bonchev–Trinajstić information content (AvgIpc) is 2.64. The molecule has 2 heteroatoms. The Kier molecular flexibility index (Phi) is 2.70. The molecular formula is C16H22N2. The highest BCUT2D eigenvalue weighted by molar-refractivity contribution is 5.86. The first-order valence-corrected chi connectivity index (χ1v) is 6.91. The van der Waals surface area contributed by atoms with Gasteiger partial charge in [-0.05, 0) is 29.2 Å². The largest absolute Gasteiger partial charge is 0.347 e. The van der Waals surface area contributed by atoms with Gasteiger partial charge in [0.05, 0.1) is 0 Å². The first kappa shape index (κ1) is 11.8. The van der Waals surface area contributed by atoms with Gasteiger partial charge in [-0.1, -0.05) is 26.8 Å². The van der Waals surface area contributed by atoms with Crippen LogP contribution >= 0.6 is 0 Å². The summed E-state index contributed by atoms with van der Waals surface area (Å²) in [5.41, 5.74) is 5.84. The van der Waals surface area contributed by atoms with Gasteiger partial charge in [0.15, 0.2) is 0 Å². The van der Waals surface area contributed by atoms with E-state index >= 15 is 0 Å². The number of aromatic nitrogens is 1. The predicted molar refractivity (Wildman–Crippen MR) is 77.1 cm³/mol.